The van der Waals surface area contributed by atoms with Crippen molar-refractivity contribution in [3.63, 3.8) is 0 Å². The maximum absolute atomic E-state index is 13.6. The first-order valence-corrected chi connectivity index (χ1v) is 13.7. The fraction of sp³-hybridized carbons (Fsp3) is 0.480. The Hall–Kier alpha value is -2.94. The van der Waals surface area contributed by atoms with Crippen LogP contribution in [0.15, 0.2) is 42.5 Å². The van der Waals surface area contributed by atoms with Gasteiger partial charge in [-0.05, 0) is 42.5 Å². The number of hydrogen-bond donors (Lipinski definition) is 1. The van der Waals surface area contributed by atoms with E-state index in [-0.39, 0.29) is 23.5 Å². The molecule has 5 rings (SSSR count). The van der Waals surface area contributed by atoms with Crippen LogP contribution in [0.2, 0.25) is 0 Å². The van der Waals surface area contributed by atoms with Crippen LogP contribution in [0.25, 0.3) is 10.8 Å². The summed E-state index contributed by atoms with van der Waals surface area (Å²) < 4.78 is 24.2. The minimum Gasteiger partial charge on any atom is -0.334 e. The molecule has 2 aromatic carbocycles. The number of sulfone groups is 1. The number of imide groups is 1. The van der Waals surface area contributed by atoms with Crippen molar-refractivity contribution >= 4 is 38.5 Å². The van der Waals surface area contributed by atoms with E-state index in [1.807, 2.05) is 42.5 Å². The molecule has 180 valence electrons. The topological polar surface area (TPSA) is 104 Å². The maximum Gasteiger partial charge on any atom is 0.325 e. The second-order valence-corrected chi connectivity index (χ2v) is 12.0. The van der Waals surface area contributed by atoms with Crippen molar-refractivity contribution in [1.29, 1.82) is 0 Å². The first-order chi connectivity index (χ1) is 16.2. The molecule has 9 heteroatoms. The third-order valence-electron chi connectivity index (χ3n) is 7.50. The van der Waals surface area contributed by atoms with Crippen LogP contribution in [0.1, 0.15) is 44.6 Å². The smallest absolute Gasteiger partial charge is 0.325 e. The van der Waals surface area contributed by atoms with Gasteiger partial charge in [0.15, 0.2) is 9.84 Å². The molecule has 2 aromatic rings. The molecular formula is C25H29N3O5S. The van der Waals surface area contributed by atoms with Gasteiger partial charge in [-0.1, -0.05) is 55.3 Å². The first-order valence-electron chi connectivity index (χ1n) is 11.8. The van der Waals surface area contributed by atoms with Gasteiger partial charge in [0.05, 0.1) is 11.5 Å². The van der Waals surface area contributed by atoms with Gasteiger partial charge >= 0.3 is 6.03 Å². The lowest BCUT2D eigenvalue weighted by Gasteiger charge is -2.35. The molecule has 0 aromatic heterocycles. The summed E-state index contributed by atoms with van der Waals surface area (Å²) in [6.45, 7) is 1.27. The van der Waals surface area contributed by atoms with Crippen LogP contribution in [-0.2, 0) is 25.0 Å². The lowest BCUT2D eigenvalue weighted by molar-refractivity contribution is -0.141. The number of nitrogens with zero attached hydrogens (tertiary/aromatic N) is 2. The molecule has 2 aliphatic heterocycles. The highest BCUT2D eigenvalue weighted by Crippen LogP contribution is 2.35. The Morgan fingerprint density at radius 3 is 2.47 bits per heavy atom. The van der Waals surface area contributed by atoms with Crippen LogP contribution in [0.3, 0.4) is 0 Å². The van der Waals surface area contributed by atoms with E-state index in [9.17, 15) is 22.8 Å². The molecule has 3 fully saturated rings. The maximum atomic E-state index is 13.6. The zero-order chi connectivity index (χ0) is 24.1. The Bertz CT molecular complexity index is 1270. The SMILES string of the molecule is C[C@]1(c2cccc3ccccc23)NC(=O)N(CC(=O)N(C2CCCC2)[C@@H]2CCS(=O)(=O)C2)C1=O. The largest absolute Gasteiger partial charge is 0.334 e. The molecule has 2 saturated heterocycles. The fourth-order valence-corrected chi connectivity index (χ4v) is 7.50. The zero-order valence-electron chi connectivity index (χ0n) is 19.2. The predicted octanol–water partition coefficient (Wildman–Crippen LogP) is 2.57. The quantitative estimate of drug-likeness (QED) is 0.659. The molecule has 3 aliphatic rings. The zero-order valence-corrected chi connectivity index (χ0v) is 20.0. The Labute approximate surface area is 199 Å². The van der Waals surface area contributed by atoms with Crippen molar-refractivity contribution in [2.24, 2.45) is 0 Å². The summed E-state index contributed by atoms with van der Waals surface area (Å²) in [4.78, 5) is 42.6. The second-order valence-electron chi connectivity index (χ2n) is 9.77. The molecule has 2 heterocycles. The number of carbonyl (C=O) groups excluding carboxylic acids is 3. The molecular weight excluding hydrogens is 454 g/mol. The molecule has 1 saturated carbocycles. The van der Waals surface area contributed by atoms with Gasteiger partial charge in [0.25, 0.3) is 5.91 Å². The predicted molar refractivity (Wildman–Crippen MR) is 128 cm³/mol. The van der Waals surface area contributed by atoms with E-state index in [1.54, 1.807) is 11.8 Å². The van der Waals surface area contributed by atoms with Crippen LogP contribution in [0.4, 0.5) is 4.79 Å². The second kappa shape index (κ2) is 8.37. The lowest BCUT2D eigenvalue weighted by atomic mass is 9.88. The highest BCUT2D eigenvalue weighted by molar-refractivity contribution is 7.91. The molecule has 4 amide bonds. The van der Waals surface area contributed by atoms with Gasteiger partial charge in [0, 0.05) is 12.1 Å². The number of rotatable bonds is 5. The van der Waals surface area contributed by atoms with Crippen LogP contribution in [0.5, 0.6) is 0 Å². The number of benzene rings is 2. The van der Waals surface area contributed by atoms with Gasteiger partial charge in [0.1, 0.15) is 12.1 Å². The fourth-order valence-electron chi connectivity index (χ4n) is 5.78. The summed E-state index contributed by atoms with van der Waals surface area (Å²) in [7, 11) is -3.18. The molecule has 0 bridgehead atoms. The Balaban J connectivity index is 1.42. The van der Waals surface area contributed by atoms with Gasteiger partial charge in [-0.25, -0.2) is 13.2 Å². The van der Waals surface area contributed by atoms with Crippen LogP contribution in [-0.4, -0.2) is 66.2 Å². The third-order valence-corrected chi connectivity index (χ3v) is 9.25. The third kappa shape index (κ3) is 3.85. The molecule has 34 heavy (non-hydrogen) atoms. The van der Waals surface area contributed by atoms with Crippen LogP contribution in [0, 0.1) is 0 Å². The average Bonchev–Trinajstić information content (AvgIpc) is 3.50. The Kier molecular flexibility index (Phi) is 5.62. The number of amides is 4. The molecule has 8 nitrogen and oxygen atoms in total. The molecule has 0 unspecified atom stereocenters. The number of urea groups is 1. The molecule has 0 spiro atoms. The van der Waals surface area contributed by atoms with Gasteiger partial charge in [-0.2, -0.15) is 0 Å². The summed E-state index contributed by atoms with van der Waals surface area (Å²) in [6, 6.07) is 12.2. The molecule has 1 aliphatic carbocycles. The molecule has 1 N–H and O–H groups in total. The van der Waals surface area contributed by atoms with Crippen LogP contribution >= 0.6 is 0 Å². The van der Waals surface area contributed by atoms with Crippen molar-refractivity contribution < 1.29 is 22.8 Å². The van der Waals surface area contributed by atoms with Gasteiger partial charge in [-0.15, -0.1) is 0 Å². The van der Waals surface area contributed by atoms with Crippen molar-refractivity contribution in [2.45, 2.75) is 56.7 Å². The van der Waals surface area contributed by atoms with E-state index in [0.29, 0.717) is 12.0 Å². The van der Waals surface area contributed by atoms with Crippen molar-refractivity contribution in [1.82, 2.24) is 15.1 Å². The van der Waals surface area contributed by atoms with Gasteiger partial charge < -0.3 is 10.2 Å². The van der Waals surface area contributed by atoms with Crippen molar-refractivity contribution in [3.8, 4) is 0 Å². The molecule has 2 atom stereocenters. The summed E-state index contributed by atoms with van der Waals surface area (Å²) in [5, 5.41) is 4.62. The van der Waals surface area contributed by atoms with E-state index in [2.05, 4.69) is 5.32 Å². The first kappa shape index (κ1) is 22.8. The Morgan fingerprint density at radius 1 is 1.06 bits per heavy atom. The summed E-state index contributed by atoms with van der Waals surface area (Å²) >= 11 is 0. The van der Waals surface area contributed by atoms with E-state index < -0.39 is 39.9 Å². The summed E-state index contributed by atoms with van der Waals surface area (Å²) in [5.41, 5.74) is -0.624. The highest BCUT2D eigenvalue weighted by atomic mass is 32.2. The Morgan fingerprint density at radius 2 is 1.76 bits per heavy atom. The summed E-state index contributed by atoms with van der Waals surface area (Å²) in [6.07, 6.45) is 4.00. The number of hydrogen-bond acceptors (Lipinski definition) is 5. The number of fused-ring (bicyclic) bond motifs is 1. The monoisotopic (exact) mass is 483 g/mol. The van der Waals surface area contributed by atoms with Gasteiger partial charge in [-0.3, -0.25) is 14.5 Å². The normalized spacial score (nSPS) is 26.9. The number of carbonyl (C=O) groups is 3. The van der Waals surface area contributed by atoms with Crippen molar-refractivity contribution in [2.75, 3.05) is 18.1 Å². The standard InChI is InChI=1S/C25H29N3O5S/c1-25(21-12-6-8-17-7-2-5-11-20(17)21)23(30)27(24(31)26-25)15-22(29)28(18-9-3-4-10-18)19-13-14-34(32,33)16-19/h2,5-8,11-12,18-19H,3-4,9-10,13-16H2,1H3,(H,26,31)/t19-,25-/m1/s1. The average molecular weight is 484 g/mol. The van der Waals surface area contributed by atoms with E-state index in [1.165, 1.54) is 0 Å². The van der Waals surface area contributed by atoms with E-state index in [0.717, 1.165) is 41.4 Å². The minimum atomic E-state index is -3.18. The number of nitrogens with one attached hydrogen (secondary N) is 1. The van der Waals surface area contributed by atoms with Gasteiger partial charge in [0.2, 0.25) is 5.91 Å². The van der Waals surface area contributed by atoms with Crippen molar-refractivity contribution in [3.05, 3.63) is 48.0 Å². The van der Waals surface area contributed by atoms with E-state index >= 15 is 0 Å². The van der Waals surface area contributed by atoms with E-state index in [4.69, 9.17) is 0 Å². The van der Waals surface area contributed by atoms with Crippen LogP contribution < -0.4 is 5.32 Å². The minimum absolute atomic E-state index is 0.0454. The summed E-state index contributed by atoms with van der Waals surface area (Å²) in [5.74, 6) is -0.827. The molecule has 0 radical (unpaired) electrons. The lowest BCUT2D eigenvalue weighted by Crippen LogP contribution is -2.51. The highest BCUT2D eigenvalue weighted by Gasteiger charge is 2.51.